The van der Waals surface area contributed by atoms with Gasteiger partial charge in [0.2, 0.25) is 0 Å². The number of hydrogen-bond donors (Lipinski definition) is 2. The summed E-state index contributed by atoms with van der Waals surface area (Å²) in [5.41, 5.74) is 6.77. The normalized spacial score (nSPS) is 10.7. The van der Waals surface area contributed by atoms with Crippen LogP contribution in [0.4, 0.5) is 11.6 Å². The molecule has 7 heteroatoms. The van der Waals surface area contributed by atoms with E-state index >= 15 is 0 Å². The third-order valence-electron chi connectivity index (χ3n) is 2.92. The molecule has 2 heterocycles. The Balaban J connectivity index is 2.17. The van der Waals surface area contributed by atoms with Crippen molar-refractivity contribution in [3.8, 4) is 0 Å². The maximum atomic E-state index is 5.91. The van der Waals surface area contributed by atoms with Gasteiger partial charge in [0.05, 0.1) is 6.54 Å². The molecule has 0 atom stereocenters. The topological polar surface area (TPSA) is 94.5 Å². The summed E-state index contributed by atoms with van der Waals surface area (Å²) in [5, 5.41) is 11.1. The number of aryl methyl sites for hydroxylation is 2. The molecule has 0 saturated carbocycles. The van der Waals surface area contributed by atoms with E-state index in [-0.39, 0.29) is 0 Å². The van der Waals surface area contributed by atoms with E-state index in [0.717, 1.165) is 35.9 Å². The predicted octanol–water partition coefficient (Wildman–Crippen LogP) is 1.06. The van der Waals surface area contributed by atoms with Crippen LogP contribution >= 0.6 is 0 Å². The molecule has 19 heavy (non-hydrogen) atoms. The molecule has 0 aliphatic heterocycles. The van der Waals surface area contributed by atoms with Crippen LogP contribution in [-0.4, -0.2) is 24.7 Å². The minimum Gasteiger partial charge on any atom is -0.383 e. The van der Waals surface area contributed by atoms with E-state index in [0.29, 0.717) is 12.4 Å². The van der Waals surface area contributed by atoms with Crippen LogP contribution in [0.3, 0.4) is 0 Å². The summed E-state index contributed by atoms with van der Waals surface area (Å²) in [6, 6.07) is 0. The molecule has 0 fully saturated rings. The minimum absolute atomic E-state index is 0.527. The Morgan fingerprint density at radius 2 is 2.16 bits per heavy atom. The van der Waals surface area contributed by atoms with Crippen molar-refractivity contribution < 1.29 is 0 Å². The van der Waals surface area contributed by atoms with E-state index < -0.39 is 0 Å². The molecule has 0 aromatic carbocycles. The van der Waals surface area contributed by atoms with Crippen LogP contribution in [0.25, 0.3) is 0 Å². The fourth-order valence-corrected chi connectivity index (χ4v) is 1.72. The Bertz CT molecular complexity index is 561. The zero-order valence-corrected chi connectivity index (χ0v) is 11.5. The van der Waals surface area contributed by atoms with E-state index in [1.54, 1.807) is 6.33 Å². The summed E-state index contributed by atoms with van der Waals surface area (Å²) >= 11 is 0. The number of nitrogen functional groups attached to an aromatic ring is 1. The third kappa shape index (κ3) is 2.98. The highest BCUT2D eigenvalue weighted by Gasteiger charge is 2.09. The van der Waals surface area contributed by atoms with Gasteiger partial charge in [0, 0.05) is 19.0 Å². The smallest absolute Gasteiger partial charge is 0.151 e. The minimum atomic E-state index is 0.527. The molecule has 0 saturated heterocycles. The van der Waals surface area contributed by atoms with Crippen molar-refractivity contribution in [3.05, 3.63) is 23.5 Å². The van der Waals surface area contributed by atoms with Gasteiger partial charge in [0.25, 0.3) is 0 Å². The number of nitrogens with zero attached hydrogens (tertiary/aromatic N) is 5. The lowest BCUT2D eigenvalue weighted by atomic mass is 10.2. The largest absolute Gasteiger partial charge is 0.383 e. The lowest BCUT2D eigenvalue weighted by Gasteiger charge is -2.11. The Labute approximate surface area is 112 Å². The van der Waals surface area contributed by atoms with Gasteiger partial charge in [-0.1, -0.05) is 6.92 Å². The van der Waals surface area contributed by atoms with E-state index in [1.165, 1.54) is 0 Å². The van der Waals surface area contributed by atoms with Crippen molar-refractivity contribution in [2.75, 3.05) is 11.1 Å². The van der Waals surface area contributed by atoms with E-state index in [9.17, 15) is 0 Å². The summed E-state index contributed by atoms with van der Waals surface area (Å²) in [6.07, 6.45) is 3.48. The first-order valence-corrected chi connectivity index (χ1v) is 6.31. The first-order chi connectivity index (χ1) is 9.11. The number of nitrogens with two attached hydrogens (primary N) is 1. The van der Waals surface area contributed by atoms with Crippen LogP contribution in [0.5, 0.6) is 0 Å². The monoisotopic (exact) mass is 261 g/mol. The lowest BCUT2D eigenvalue weighted by Crippen LogP contribution is -2.11. The number of nitrogens with one attached hydrogen (secondary N) is 1. The molecular weight excluding hydrogens is 242 g/mol. The third-order valence-corrected chi connectivity index (χ3v) is 2.92. The van der Waals surface area contributed by atoms with Crippen LogP contribution in [0.15, 0.2) is 6.33 Å². The SMILES string of the molecule is CCCc1nc(N)c(C)c(NCc2nncn2C)n1. The van der Waals surface area contributed by atoms with Crippen LogP contribution in [0.2, 0.25) is 0 Å². The molecule has 0 spiro atoms. The molecule has 102 valence electrons. The quantitative estimate of drug-likeness (QED) is 0.835. The Morgan fingerprint density at radius 1 is 1.37 bits per heavy atom. The molecular formula is C12H19N7. The van der Waals surface area contributed by atoms with Crippen LogP contribution < -0.4 is 11.1 Å². The summed E-state index contributed by atoms with van der Waals surface area (Å²) < 4.78 is 1.86. The van der Waals surface area contributed by atoms with Crippen molar-refractivity contribution in [2.24, 2.45) is 7.05 Å². The zero-order valence-electron chi connectivity index (χ0n) is 11.5. The summed E-state index contributed by atoms with van der Waals surface area (Å²) in [7, 11) is 1.90. The molecule has 0 aliphatic carbocycles. The Morgan fingerprint density at radius 3 is 2.79 bits per heavy atom. The first kappa shape index (κ1) is 13.3. The van der Waals surface area contributed by atoms with Gasteiger partial charge in [-0.25, -0.2) is 9.97 Å². The van der Waals surface area contributed by atoms with Gasteiger partial charge in [-0.2, -0.15) is 0 Å². The molecule has 0 unspecified atom stereocenters. The number of aromatic nitrogens is 5. The maximum absolute atomic E-state index is 5.91. The van der Waals surface area contributed by atoms with Gasteiger partial charge in [-0.3, -0.25) is 0 Å². The van der Waals surface area contributed by atoms with Crippen molar-refractivity contribution in [2.45, 2.75) is 33.2 Å². The highest BCUT2D eigenvalue weighted by Crippen LogP contribution is 2.18. The molecule has 3 N–H and O–H groups in total. The molecule has 0 bridgehead atoms. The highest BCUT2D eigenvalue weighted by molar-refractivity contribution is 5.54. The standard InChI is InChI=1S/C12H19N7/c1-4-5-9-16-11(13)8(2)12(17-9)14-6-10-18-15-7-19(10)3/h7H,4-6H2,1-3H3,(H3,13,14,16,17). The molecule has 0 radical (unpaired) electrons. The van der Waals surface area contributed by atoms with Crippen molar-refractivity contribution in [1.29, 1.82) is 0 Å². The molecule has 2 aromatic heterocycles. The van der Waals surface area contributed by atoms with Gasteiger partial charge in [-0.05, 0) is 13.3 Å². The molecule has 2 aromatic rings. The predicted molar refractivity (Wildman–Crippen MR) is 73.5 cm³/mol. The summed E-state index contributed by atoms with van der Waals surface area (Å²) in [4.78, 5) is 8.77. The van der Waals surface area contributed by atoms with Gasteiger partial charge < -0.3 is 15.6 Å². The van der Waals surface area contributed by atoms with Crippen LogP contribution in [0, 0.1) is 6.92 Å². The summed E-state index contributed by atoms with van der Waals surface area (Å²) in [5.74, 6) is 2.90. The molecule has 2 rings (SSSR count). The van der Waals surface area contributed by atoms with E-state index in [2.05, 4.69) is 32.4 Å². The second-order valence-corrected chi connectivity index (χ2v) is 4.46. The van der Waals surface area contributed by atoms with E-state index in [4.69, 9.17) is 5.73 Å². The fourth-order valence-electron chi connectivity index (χ4n) is 1.72. The molecule has 7 nitrogen and oxygen atoms in total. The highest BCUT2D eigenvalue weighted by atomic mass is 15.3. The van der Waals surface area contributed by atoms with Gasteiger partial charge >= 0.3 is 0 Å². The average molecular weight is 261 g/mol. The lowest BCUT2D eigenvalue weighted by molar-refractivity contribution is 0.801. The first-order valence-electron chi connectivity index (χ1n) is 6.31. The van der Waals surface area contributed by atoms with Crippen LogP contribution in [0.1, 0.15) is 30.6 Å². The number of rotatable bonds is 5. The van der Waals surface area contributed by atoms with Gasteiger partial charge in [0.15, 0.2) is 5.82 Å². The molecule has 0 aliphatic rings. The summed E-state index contributed by atoms with van der Waals surface area (Å²) in [6.45, 7) is 4.55. The molecule has 0 amide bonds. The van der Waals surface area contributed by atoms with Gasteiger partial charge in [0.1, 0.15) is 23.8 Å². The van der Waals surface area contributed by atoms with Crippen LogP contribution in [-0.2, 0) is 20.0 Å². The number of anilines is 2. The van der Waals surface area contributed by atoms with Gasteiger partial charge in [-0.15, -0.1) is 10.2 Å². The van der Waals surface area contributed by atoms with E-state index in [1.807, 2.05) is 18.5 Å². The second kappa shape index (κ2) is 5.64. The van der Waals surface area contributed by atoms with Crippen molar-refractivity contribution in [1.82, 2.24) is 24.7 Å². The fraction of sp³-hybridized carbons (Fsp3) is 0.500. The number of hydrogen-bond acceptors (Lipinski definition) is 6. The zero-order chi connectivity index (χ0) is 13.8. The Kier molecular flexibility index (Phi) is 3.94. The van der Waals surface area contributed by atoms with Crippen molar-refractivity contribution >= 4 is 11.6 Å². The second-order valence-electron chi connectivity index (χ2n) is 4.46. The Hall–Kier alpha value is -2.18. The average Bonchev–Trinajstić information content (AvgIpc) is 2.78. The van der Waals surface area contributed by atoms with Crippen molar-refractivity contribution in [3.63, 3.8) is 0 Å². The maximum Gasteiger partial charge on any atom is 0.151 e.